The van der Waals surface area contributed by atoms with Crippen LogP contribution in [0, 0.1) is 0 Å². The summed E-state index contributed by atoms with van der Waals surface area (Å²) in [4.78, 5) is 22.7. The van der Waals surface area contributed by atoms with Gasteiger partial charge in [0.25, 0.3) is 0 Å². The van der Waals surface area contributed by atoms with Gasteiger partial charge in [0.05, 0.1) is 13.2 Å². The van der Waals surface area contributed by atoms with Crippen molar-refractivity contribution < 1.29 is 23.8 Å². The third-order valence-corrected chi connectivity index (χ3v) is 2.07. The zero-order valence-corrected chi connectivity index (χ0v) is 10.9. The van der Waals surface area contributed by atoms with Crippen LogP contribution in [0.2, 0.25) is 0 Å². The molecule has 5 nitrogen and oxygen atoms in total. The minimum atomic E-state index is -0.685. The van der Waals surface area contributed by atoms with Crippen LogP contribution >= 0.6 is 0 Å². The summed E-state index contributed by atoms with van der Waals surface area (Å²) < 4.78 is 14.8. The van der Waals surface area contributed by atoms with E-state index in [0.29, 0.717) is 19.6 Å². The SMILES string of the molecule is CCCOC(=O)CCC(OC)C(=O)OCCC. The highest BCUT2D eigenvalue weighted by molar-refractivity contribution is 5.76. The molecular weight excluding hydrogens is 224 g/mol. The average Bonchev–Trinajstić information content (AvgIpc) is 2.34. The highest BCUT2D eigenvalue weighted by Gasteiger charge is 2.20. The first-order chi connectivity index (χ1) is 8.15. The fraction of sp³-hybridized carbons (Fsp3) is 0.833. The summed E-state index contributed by atoms with van der Waals surface area (Å²) in [6.45, 7) is 4.63. The zero-order valence-electron chi connectivity index (χ0n) is 10.9. The number of carbonyl (C=O) groups excluding carboxylic acids is 2. The number of hydrogen-bond acceptors (Lipinski definition) is 5. The van der Waals surface area contributed by atoms with Crippen molar-refractivity contribution in [3.05, 3.63) is 0 Å². The molecule has 0 bridgehead atoms. The molecule has 0 radical (unpaired) electrons. The van der Waals surface area contributed by atoms with Crippen LogP contribution in [0.25, 0.3) is 0 Å². The van der Waals surface area contributed by atoms with Gasteiger partial charge in [0.15, 0.2) is 6.10 Å². The Bertz CT molecular complexity index is 227. The first-order valence-corrected chi connectivity index (χ1v) is 6.00. The molecule has 0 rings (SSSR count). The monoisotopic (exact) mass is 246 g/mol. The van der Waals surface area contributed by atoms with E-state index >= 15 is 0 Å². The molecule has 0 fully saturated rings. The number of ether oxygens (including phenoxy) is 3. The van der Waals surface area contributed by atoms with Crippen LogP contribution in [0.5, 0.6) is 0 Å². The molecule has 0 aromatic carbocycles. The fourth-order valence-electron chi connectivity index (χ4n) is 1.16. The second-order valence-corrected chi connectivity index (χ2v) is 3.65. The van der Waals surface area contributed by atoms with Crippen molar-refractivity contribution in [3.63, 3.8) is 0 Å². The molecule has 0 aliphatic rings. The summed E-state index contributed by atoms with van der Waals surface area (Å²) >= 11 is 0. The van der Waals surface area contributed by atoms with Crippen molar-refractivity contribution >= 4 is 11.9 Å². The van der Waals surface area contributed by atoms with E-state index in [1.54, 1.807) is 0 Å². The summed E-state index contributed by atoms with van der Waals surface area (Å²) in [6.07, 6.45) is 1.33. The summed E-state index contributed by atoms with van der Waals surface area (Å²) in [5.74, 6) is -0.727. The van der Waals surface area contributed by atoms with Gasteiger partial charge in [0, 0.05) is 13.5 Å². The molecule has 0 aliphatic carbocycles. The molecule has 17 heavy (non-hydrogen) atoms. The van der Waals surface area contributed by atoms with E-state index in [0.717, 1.165) is 12.8 Å². The van der Waals surface area contributed by atoms with Gasteiger partial charge in [-0.15, -0.1) is 0 Å². The summed E-state index contributed by atoms with van der Waals surface area (Å²) in [5, 5.41) is 0. The molecule has 0 aromatic rings. The molecular formula is C12H22O5. The van der Waals surface area contributed by atoms with Gasteiger partial charge in [-0.3, -0.25) is 4.79 Å². The Kier molecular flexibility index (Phi) is 9.43. The number of hydrogen-bond donors (Lipinski definition) is 0. The Morgan fingerprint density at radius 1 is 1.06 bits per heavy atom. The smallest absolute Gasteiger partial charge is 0.335 e. The maximum absolute atomic E-state index is 11.5. The minimum absolute atomic E-state index is 0.166. The Balaban J connectivity index is 3.88. The lowest BCUT2D eigenvalue weighted by Crippen LogP contribution is -2.26. The first kappa shape index (κ1) is 15.9. The van der Waals surface area contributed by atoms with Crippen LogP contribution in [0.4, 0.5) is 0 Å². The quantitative estimate of drug-likeness (QED) is 0.579. The molecule has 1 unspecified atom stereocenters. The summed E-state index contributed by atoms with van der Waals surface area (Å²) in [5.41, 5.74) is 0. The normalized spacial score (nSPS) is 11.9. The van der Waals surface area contributed by atoms with E-state index in [1.807, 2.05) is 13.8 Å². The molecule has 5 heteroatoms. The third-order valence-electron chi connectivity index (χ3n) is 2.07. The predicted molar refractivity (Wildman–Crippen MR) is 62.5 cm³/mol. The number of esters is 2. The molecule has 0 aliphatic heterocycles. The van der Waals surface area contributed by atoms with E-state index in [2.05, 4.69) is 0 Å². The van der Waals surface area contributed by atoms with Crippen LogP contribution < -0.4 is 0 Å². The van der Waals surface area contributed by atoms with Crippen LogP contribution in [0.3, 0.4) is 0 Å². The predicted octanol–water partition coefficient (Wildman–Crippen LogP) is 1.69. The van der Waals surface area contributed by atoms with Crippen molar-refractivity contribution in [2.45, 2.75) is 45.6 Å². The third kappa shape index (κ3) is 7.74. The second kappa shape index (κ2) is 10.1. The zero-order chi connectivity index (χ0) is 13.1. The van der Waals surface area contributed by atoms with E-state index in [-0.39, 0.29) is 12.4 Å². The van der Waals surface area contributed by atoms with Crippen molar-refractivity contribution in [3.8, 4) is 0 Å². The molecule has 0 amide bonds. The lowest BCUT2D eigenvalue weighted by atomic mass is 10.2. The summed E-state index contributed by atoms with van der Waals surface area (Å²) in [6, 6.07) is 0. The second-order valence-electron chi connectivity index (χ2n) is 3.65. The molecule has 1 atom stereocenters. The van der Waals surface area contributed by atoms with E-state index in [9.17, 15) is 9.59 Å². The average molecular weight is 246 g/mol. The lowest BCUT2D eigenvalue weighted by molar-refractivity contribution is -0.156. The number of methoxy groups -OCH3 is 1. The molecule has 100 valence electrons. The van der Waals surface area contributed by atoms with Gasteiger partial charge in [-0.05, 0) is 19.3 Å². The van der Waals surface area contributed by atoms with E-state index in [4.69, 9.17) is 14.2 Å². The van der Waals surface area contributed by atoms with Crippen LogP contribution in [0.15, 0.2) is 0 Å². The van der Waals surface area contributed by atoms with Crippen molar-refractivity contribution in [2.24, 2.45) is 0 Å². The Morgan fingerprint density at radius 2 is 1.65 bits per heavy atom. The first-order valence-electron chi connectivity index (χ1n) is 6.00. The van der Waals surface area contributed by atoms with E-state index in [1.165, 1.54) is 7.11 Å². The van der Waals surface area contributed by atoms with Gasteiger partial charge in [0.1, 0.15) is 0 Å². The van der Waals surface area contributed by atoms with Gasteiger partial charge >= 0.3 is 11.9 Å². The van der Waals surface area contributed by atoms with Crippen molar-refractivity contribution in [2.75, 3.05) is 20.3 Å². The van der Waals surface area contributed by atoms with Gasteiger partial charge in [0.2, 0.25) is 0 Å². The number of rotatable bonds is 9. The topological polar surface area (TPSA) is 61.8 Å². The van der Waals surface area contributed by atoms with Gasteiger partial charge in [-0.2, -0.15) is 0 Å². The maximum Gasteiger partial charge on any atom is 0.335 e. The van der Waals surface area contributed by atoms with Crippen LogP contribution in [-0.2, 0) is 23.8 Å². The lowest BCUT2D eigenvalue weighted by Gasteiger charge is -2.13. The Morgan fingerprint density at radius 3 is 2.18 bits per heavy atom. The molecule has 0 spiro atoms. The standard InChI is InChI=1S/C12H22O5/c1-4-8-16-11(13)7-6-10(15-3)12(14)17-9-5-2/h10H,4-9H2,1-3H3. The van der Waals surface area contributed by atoms with Crippen molar-refractivity contribution in [1.82, 2.24) is 0 Å². The highest BCUT2D eigenvalue weighted by atomic mass is 16.6. The Labute approximate surface area is 102 Å². The van der Waals surface area contributed by atoms with E-state index < -0.39 is 12.1 Å². The van der Waals surface area contributed by atoms with Crippen LogP contribution in [0.1, 0.15) is 39.5 Å². The molecule has 0 N–H and O–H groups in total. The fourth-order valence-corrected chi connectivity index (χ4v) is 1.16. The molecule has 0 saturated carbocycles. The Hall–Kier alpha value is -1.10. The maximum atomic E-state index is 11.5. The minimum Gasteiger partial charge on any atom is -0.466 e. The number of carbonyl (C=O) groups is 2. The van der Waals surface area contributed by atoms with Crippen LogP contribution in [-0.4, -0.2) is 38.4 Å². The largest absolute Gasteiger partial charge is 0.466 e. The van der Waals surface area contributed by atoms with Crippen molar-refractivity contribution in [1.29, 1.82) is 0 Å². The van der Waals surface area contributed by atoms with Gasteiger partial charge < -0.3 is 14.2 Å². The highest BCUT2D eigenvalue weighted by Crippen LogP contribution is 2.05. The van der Waals surface area contributed by atoms with Gasteiger partial charge in [-0.1, -0.05) is 13.8 Å². The van der Waals surface area contributed by atoms with Gasteiger partial charge in [-0.25, -0.2) is 4.79 Å². The molecule has 0 heterocycles. The summed E-state index contributed by atoms with van der Waals surface area (Å²) in [7, 11) is 1.43. The molecule has 0 aromatic heterocycles. The molecule has 0 saturated heterocycles.